The molecule has 0 atom stereocenters. The Morgan fingerprint density at radius 1 is 1.04 bits per heavy atom. The Hall–Kier alpha value is -1.87. The molecule has 8 heteroatoms. The number of nitrogens with one attached hydrogen (secondary N) is 1. The Kier molecular flexibility index (Phi) is 7.50. The number of morpholine rings is 1. The Morgan fingerprint density at radius 2 is 1.71 bits per heavy atom. The minimum Gasteiger partial charge on any atom is -0.379 e. The molecule has 3 rings (SSSR count). The molecule has 28 heavy (non-hydrogen) atoms. The topological polar surface area (TPSA) is 75.7 Å². The van der Waals surface area contributed by atoms with Crippen LogP contribution in [0.4, 0.5) is 0 Å². The molecule has 0 radical (unpaired) electrons. The molecule has 2 aromatic carbocycles. The van der Waals surface area contributed by atoms with Crippen molar-refractivity contribution in [2.24, 2.45) is 0 Å². The number of hydrogen-bond acceptors (Lipinski definition) is 5. The molecular weight excluding hydrogens is 396 g/mol. The number of ether oxygens (including phenoxy) is 1. The van der Waals surface area contributed by atoms with Gasteiger partial charge in [-0.1, -0.05) is 30.3 Å². The van der Waals surface area contributed by atoms with Gasteiger partial charge in [0.2, 0.25) is 10.0 Å². The van der Waals surface area contributed by atoms with Crippen LogP contribution >= 0.6 is 11.8 Å². The van der Waals surface area contributed by atoms with Crippen molar-refractivity contribution in [1.29, 1.82) is 0 Å². The second-order valence-corrected chi connectivity index (χ2v) is 9.52. The summed E-state index contributed by atoms with van der Waals surface area (Å²) in [7, 11) is -3.37. The first-order valence-corrected chi connectivity index (χ1v) is 11.7. The van der Waals surface area contributed by atoms with Crippen molar-refractivity contribution in [2.75, 3.05) is 38.6 Å². The van der Waals surface area contributed by atoms with Crippen molar-refractivity contribution in [3.8, 4) is 0 Å². The highest BCUT2D eigenvalue weighted by Gasteiger charge is 2.24. The number of sulfonamides is 1. The number of carbonyl (C=O) groups is 1. The highest BCUT2D eigenvalue weighted by atomic mass is 32.2. The van der Waals surface area contributed by atoms with Gasteiger partial charge >= 0.3 is 0 Å². The maximum Gasteiger partial charge on any atom is 0.251 e. The number of carbonyl (C=O) groups excluding carboxylic acids is 1. The fourth-order valence-corrected chi connectivity index (χ4v) is 4.97. The molecule has 1 aliphatic rings. The van der Waals surface area contributed by atoms with Crippen LogP contribution in [0, 0.1) is 0 Å². The number of rotatable bonds is 8. The van der Waals surface area contributed by atoms with E-state index in [0.29, 0.717) is 31.9 Å². The van der Waals surface area contributed by atoms with Gasteiger partial charge in [-0.2, -0.15) is 4.31 Å². The van der Waals surface area contributed by atoms with Gasteiger partial charge in [0.1, 0.15) is 0 Å². The molecule has 0 bridgehead atoms. The highest BCUT2D eigenvalue weighted by molar-refractivity contribution is 7.98. The average molecular weight is 421 g/mol. The fraction of sp³-hybridized carbons (Fsp3) is 0.350. The minimum absolute atomic E-state index is 0.0863. The Bertz CT molecular complexity index is 865. The summed E-state index contributed by atoms with van der Waals surface area (Å²) in [4.78, 5) is 13.3. The van der Waals surface area contributed by atoms with E-state index in [1.165, 1.54) is 9.87 Å². The van der Waals surface area contributed by atoms with Gasteiger partial charge in [-0.3, -0.25) is 4.79 Å². The fourth-order valence-electron chi connectivity index (χ4n) is 2.79. The van der Waals surface area contributed by atoms with E-state index in [0.717, 1.165) is 10.6 Å². The molecule has 0 aliphatic carbocycles. The molecule has 1 heterocycles. The molecule has 2 aromatic rings. The Labute approximate surface area is 170 Å². The van der Waals surface area contributed by atoms with Crippen LogP contribution in [0.1, 0.15) is 15.9 Å². The first kappa shape index (κ1) is 20.9. The predicted molar refractivity (Wildman–Crippen MR) is 111 cm³/mol. The lowest BCUT2D eigenvalue weighted by Gasteiger charge is -2.26. The zero-order valence-corrected chi connectivity index (χ0v) is 17.2. The van der Waals surface area contributed by atoms with Crippen molar-refractivity contribution in [1.82, 2.24) is 9.62 Å². The largest absolute Gasteiger partial charge is 0.379 e. The summed E-state index contributed by atoms with van der Waals surface area (Å²) in [6.07, 6.45) is 0. The number of thioether (sulfide) groups is 1. The van der Waals surface area contributed by atoms with Gasteiger partial charge in [0.15, 0.2) is 0 Å². The standard InChI is InChI=1S/C20H24N2O4S2/c23-20(21-10-15-28(24,25)22-11-13-26-14-12-22)18-6-8-19(9-7-18)27-16-17-4-2-1-3-5-17/h1-9H,10-16H2,(H,21,23). The van der Waals surface area contributed by atoms with Gasteiger partial charge in [-0.25, -0.2) is 8.42 Å². The van der Waals surface area contributed by atoms with Crippen LogP contribution in [-0.4, -0.2) is 57.2 Å². The van der Waals surface area contributed by atoms with Gasteiger partial charge < -0.3 is 10.1 Å². The maximum atomic E-state index is 12.3. The average Bonchev–Trinajstić information content (AvgIpc) is 2.74. The van der Waals surface area contributed by atoms with Crippen LogP contribution in [0.25, 0.3) is 0 Å². The second-order valence-electron chi connectivity index (χ2n) is 6.38. The van der Waals surface area contributed by atoms with Gasteiger partial charge in [-0.15, -0.1) is 11.8 Å². The Balaban J connectivity index is 1.45. The molecule has 1 amide bonds. The number of amides is 1. The van der Waals surface area contributed by atoms with E-state index in [4.69, 9.17) is 4.74 Å². The van der Waals surface area contributed by atoms with Gasteiger partial charge in [-0.05, 0) is 29.8 Å². The molecule has 1 saturated heterocycles. The first-order valence-electron chi connectivity index (χ1n) is 9.15. The Morgan fingerprint density at radius 3 is 2.39 bits per heavy atom. The van der Waals surface area contributed by atoms with Gasteiger partial charge in [0.25, 0.3) is 5.91 Å². The molecule has 1 fully saturated rings. The van der Waals surface area contributed by atoms with E-state index < -0.39 is 10.0 Å². The lowest BCUT2D eigenvalue weighted by molar-refractivity contribution is 0.0730. The van der Waals surface area contributed by atoms with E-state index in [2.05, 4.69) is 17.4 Å². The summed E-state index contributed by atoms with van der Waals surface area (Å²) in [5, 5.41) is 2.69. The maximum absolute atomic E-state index is 12.3. The number of benzene rings is 2. The highest BCUT2D eigenvalue weighted by Crippen LogP contribution is 2.22. The van der Waals surface area contributed by atoms with E-state index in [1.54, 1.807) is 23.9 Å². The summed E-state index contributed by atoms with van der Waals surface area (Å²) in [6, 6.07) is 17.5. The van der Waals surface area contributed by atoms with Crippen molar-refractivity contribution in [3.05, 3.63) is 65.7 Å². The van der Waals surface area contributed by atoms with Crippen LogP contribution in [0.2, 0.25) is 0 Å². The van der Waals surface area contributed by atoms with Gasteiger partial charge in [0, 0.05) is 35.8 Å². The molecule has 0 unspecified atom stereocenters. The summed E-state index contributed by atoms with van der Waals surface area (Å²) < 4.78 is 31.1. The third kappa shape index (κ3) is 6.07. The van der Waals surface area contributed by atoms with E-state index in [-0.39, 0.29) is 18.2 Å². The molecule has 150 valence electrons. The van der Waals surface area contributed by atoms with Crippen molar-refractivity contribution in [2.45, 2.75) is 10.6 Å². The third-order valence-electron chi connectivity index (χ3n) is 4.37. The lowest BCUT2D eigenvalue weighted by Crippen LogP contribution is -2.43. The van der Waals surface area contributed by atoms with Crippen molar-refractivity contribution < 1.29 is 17.9 Å². The monoisotopic (exact) mass is 420 g/mol. The van der Waals surface area contributed by atoms with Crippen molar-refractivity contribution >= 4 is 27.7 Å². The summed E-state index contributed by atoms with van der Waals surface area (Å²) in [5.41, 5.74) is 1.77. The first-order chi connectivity index (χ1) is 13.5. The molecular formula is C20H24N2O4S2. The van der Waals surface area contributed by atoms with Crippen molar-refractivity contribution in [3.63, 3.8) is 0 Å². The SMILES string of the molecule is O=C(NCCS(=O)(=O)N1CCOCC1)c1ccc(SCc2ccccc2)cc1. The zero-order chi connectivity index (χ0) is 19.8. The molecule has 1 aliphatic heterocycles. The summed E-state index contributed by atoms with van der Waals surface area (Å²) >= 11 is 1.70. The molecule has 0 spiro atoms. The van der Waals surface area contributed by atoms with Crippen LogP contribution in [0.15, 0.2) is 59.5 Å². The third-order valence-corrected chi connectivity index (χ3v) is 7.33. The summed E-state index contributed by atoms with van der Waals surface area (Å²) in [5.74, 6) is 0.493. The molecule has 6 nitrogen and oxygen atoms in total. The molecule has 0 saturated carbocycles. The number of hydrogen-bond donors (Lipinski definition) is 1. The van der Waals surface area contributed by atoms with Crippen LogP contribution < -0.4 is 5.32 Å². The molecule has 0 aromatic heterocycles. The van der Waals surface area contributed by atoms with Crippen LogP contribution in [0.3, 0.4) is 0 Å². The quantitative estimate of drug-likeness (QED) is 0.664. The summed E-state index contributed by atoms with van der Waals surface area (Å²) in [6.45, 7) is 1.67. The normalized spacial score (nSPS) is 15.3. The molecule has 1 N–H and O–H groups in total. The van der Waals surface area contributed by atoms with Crippen LogP contribution in [0.5, 0.6) is 0 Å². The van der Waals surface area contributed by atoms with E-state index >= 15 is 0 Å². The lowest BCUT2D eigenvalue weighted by atomic mass is 10.2. The van der Waals surface area contributed by atoms with Gasteiger partial charge in [0.05, 0.1) is 19.0 Å². The number of nitrogens with zero attached hydrogens (tertiary/aromatic N) is 1. The smallest absolute Gasteiger partial charge is 0.251 e. The van der Waals surface area contributed by atoms with E-state index in [1.807, 2.05) is 30.3 Å². The predicted octanol–water partition coefficient (Wildman–Crippen LogP) is 2.37. The minimum atomic E-state index is -3.37. The second kappa shape index (κ2) is 10.1. The van der Waals surface area contributed by atoms with E-state index in [9.17, 15) is 13.2 Å². The zero-order valence-electron chi connectivity index (χ0n) is 15.5. The van der Waals surface area contributed by atoms with Crippen LogP contribution in [-0.2, 0) is 20.5 Å².